The topological polar surface area (TPSA) is 51.1 Å². The largest absolute Gasteiger partial charge is 0.344 e. The Bertz CT molecular complexity index is 1060. The summed E-state index contributed by atoms with van der Waals surface area (Å²) in [5.41, 5.74) is 1.86. The molecule has 2 aromatic carbocycles. The second-order valence-corrected chi connectivity index (χ2v) is 6.69. The van der Waals surface area contributed by atoms with Crippen molar-refractivity contribution in [3.63, 3.8) is 0 Å². The summed E-state index contributed by atoms with van der Waals surface area (Å²) in [6, 6.07) is 14.6. The molecule has 0 aliphatic heterocycles. The van der Waals surface area contributed by atoms with E-state index in [0.717, 1.165) is 11.3 Å². The van der Waals surface area contributed by atoms with Crippen molar-refractivity contribution in [2.45, 2.75) is 20.4 Å². The van der Waals surface area contributed by atoms with Gasteiger partial charge in [0, 0.05) is 29.0 Å². The van der Waals surface area contributed by atoms with Crippen LogP contribution in [0.15, 0.2) is 59.4 Å². The first kappa shape index (κ1) is 18.9. The van der Waals surface area contributed by atoms with E-state index < -0.39 is 17.2 Å². The number of hydrogen-bond acceptors (Lipinski definition) is 2. The summed E-state index contributed by atoms with van der Waals surface area (Å²) >= 11 is 5.92. The Hall–Kier alpha value is -2.92. The Kier molecular flexibility index (Phi) is 5.42. The Morgan fingerprint density at radius 2 is 1.78 bits per heavy atom. The zero-order valence-corrected chi connectivity index (χ0v) is 15.7. The average Bonchev–Trinajstić information content (AvgIpc) is 2.62. The van der Waals surface area contributed by atoms with E-state index in [-0.39, 0.29) is 11.3 Å². The van der Waals surface area contributed by atoms with Crippen molar-refractivity contribution >= 4 is 23.2 Å². The first-order valence-electron chi connectivity index (χ1n) is 8.38. The number of rotatable bonds is 4. The molecule has 0 saturated heterocycles. The predicted octanol–water partition coefficient (Wildman–Crippen LogP) is 4.56. The van der Waals surface area contributed by atoms with Crippen LogP contribution in [0.5, 0.6) is 0 Å². The molecular formula is C21H18ClFN2O2. The molecule has 0 bridgehead atoms. The lowest BCUT2D eigenvalue weighted by atomic mass is 10.1. The van der Waals surface area contributed by atoms with Crippen molar-refractivity contribution in [3.8, 4) is 0 Å². The van der Waals surface area contributed by atoms with E-state index in [1.807, 2.05) is 23.6 Å². The Morgan fingerprint density at radius 1 is 1.11 bits per heavy atom. The number of aryl methyl sites for hydroxylation is 1. The molecule has 0 spiro atoms. The van der Waals surface area contributed by atoms with Crippen molar-refractivity contribution in [3.05, 3.63) is 98.2 Å². The highest BCUT2D eigenvalue weighted by atomic mass is 35.5. The Morgan fingerprint density at radius 3 is 2.44 bits per heavy atom. The van der Waals surface area contributed by atoms with Crippen molar-refractivity contribution in [2.24, 2.45) is 0 Å². The molecule has 0 radical (unpaired) electrons. The number of benzene rings is 2. The van der Waals surface area contributed by atoms with Crippen LogP contribution < -0.4 is 10.7 Å². The van der Waals surface area contributed by atoms with Gasteiger partial charge in [0.2, 0.25) is 0 Å². The number of carbonyl (C=O) groups excluding carboxylic acids is 1. The minimum Gasteiger partial charge on any atom is -0.344 e. The standard InChI is InChI=1S/C21H18ClFN2O2/c1-13-11-19(26)20(21(27)24-18-6-4-3-5-17(18)23)14(2)25(13)12-15-7-9-16(22)10-8-15/h3-11H,12H2,1-2H3,(H,24,27). The molecule has 0 atom stereocenters. The van der Waals surface area contributed by atoms with Gasteiger partial charge in [0.1, 0.15) is 11.4 Å². The van der Waals surface area contributed by atoms with Crippen molar-refractivity contribution in [2.75, 3.05) is 5.32 Å². The maximum atomic E-state index is 13.8. The van der Waals surface area contributed by atoms with Gasteiger partial charge in [0.25, 0.3) is 5.91 Å². The minimum absolute atomic E-state index is 0.00202. The minimum atomic E-state index is -0.632. The quantitative estimate of drug-likeness (QED) is 0.717. The van der Waals surface area contributed by atoms with E-state index in [0.29, 0.717) is 17.3 Å². The molecule has 0 saturated carbocycles. The number of aromatic nitrogens is 1. The molecule has 0 fully saturated rings. The number of nitrogens with zero attached hydrogens (tertiary/aromatic N) is 1. The molecule has 1 N–H and O–H groups in total. The van der Waals surface area contributed by atoms with Gasteiger partial charge in [-0.25, -0.2) is 4.39 Å². The van der Waals surface area contributed by atoms with Crippen molar-refractivity contribution in [1.82, 2.24) is 4.57 Å². The SMILES string of the molecule is Cc1cc(=O)c(C(=O)Nc2ccccc2F)c(C)n1Cc1ccc(Cl)cc1. The van der Waals surface area contributed by atoms with Gasteiger partial charge in [0.05, 0.1) is 5.69 Å². The lowest BCUT2D eigenvalue weighted by Gasteiger charge is -2.18. The molecule has 27 heavy (non-hydrogen) atoms. The number of para-hydroxylation sites is 1. The van der Waals surface area contributed by atoms with Crippen LogP contribution in [-0.4, -0.2) is 10.5 Å². The molecule has 1 aromatic heterocycles. The zero-order valence-electron chi connectivity index (χ0n) is 14.9. The highest BCUT2D eigenvalue weighted by Crippen LogP contribution is 2.17. The molecule has 0 aliphatic carbocycles. The third kappa shape index (κ3) is 4.09. The highest BCUT2D eigenvalue weighted by molar-refractivity contribution is 6.30. The van der Waals surface area contributed by atoms with E-state index in [2.05, 4.69) is 5.32 Å². The van der Waals surface area contributed by atoms with E-state index in [1.54, 1.807) is 25.1 Å². The van der Waals surface area contributed by atoms with E-state index in [1.165, 1.54) is 24.3 Å². The molecule has 3 aromatic rings. The predicted molar refractivity (Wildman–Crippen MR) is 105 cm³/mol. The third-order valence-electron chi connectivity index (χ3n) is 4.38. The summed E-state index contributed by atoms with van der Waals surface area (Å²) in [5, 5.41) is 3.12. The summed E-state index contributed by atoms with van der Waals surface area (Å²) in [7, 11) is 0. The Labute approximate surface area is 161 Å². The summed E-state index contributed by atoms with van der Waals surface area (Å²) in [6.45, 7) is 4.00. The number of pyridine rings is 1. The fraction of sp³-hybridized carbons (Fsp3) is 0.143. The van der Waals surface area contributed by atoms with Gasteiger partial charge in [0.15, 0.2) is 5.43 Å². The fourth-order valence-corrected chi connectivity index (χ4v) is 3.08. The summed E-state index contributed by atoms with van der Waals surface area (Å²) < 4.78 is 15.7. The number of amides is 1. The van der Waals surface area contributed by atoms with Crippen LogP contribution in [0.25, 0.3) is 0 Å². The third-order valence-corrected chi connectivity index (χ3v) is 4.63. The number of nitrogens with one attached hydrogen (secondary N) is 1. The number of hydrogen-bond donors (Lipinski definition) is 1. The average molecular weight is 385 g/mol. The van der Waals surface area contributed by atoms with E-state index in [4.69, 9.17) is 11.6 Å². The fourth-order valence-electron chi connectivity index (χ4n) is 2.96. The summed E-state index contributed by atoms with van der Waals surface area (Å²) in [6.07, 6.45) is 0. The van der Waals surface area contributed by atoms with Gasteiger partial charge >= 0.3 is 0 Å². The lowest BCUT2D eigenvalue weighted by molar-refractivity contribution is 0.102. The van der Waals surface area contributed by atoms with Crippen LogP contribution in [-0.2, 0) is 6.54 Å². The number of halogens is 2. The molecule has 1 amide bonds. The van der Waals surface area contributed by atoms with E-state index >= 15 is 0 Å². The summed E-state index contributed by atoms with van der Waals surface area (Å²) in [5.74, 6) is -1.19. The van der Waals surface area contributed by atoms with Crippen LogP contribution >= 0.6 is 11.6 Å². The van der Waals surface area contributed by atoms with Crippen LogP contribution in [0.2, 0.25) is 5.02 Å². The molecule has 138 valence electrons. The number of anilines is 1. The Balaban J connectivity index is 1.98. The first-order chi connectivity index (χ1) is 12.9. The molecule has 3 rings (SSSR count). The van der Waals surface area contributed by atoms with Gasteiger partial charge in [-0.1, -0.05) is 35.9 Å². The van der Waals surface area contributed by atoms with E-state index in [9.17, 15) is 14.0 Å². The maximum Gasteiger partial charge on any atom is 0.261 e. The zero-order chi connectivity index (χ0) is 19.6. The van der Waals surface area contributed by atoms with Gasteiger partial charge in [-0.15, -0.1) is 0 Å². The highest BCUT2D eigenvalue weighted by Gasteiger charge is 2.18. The molecule has 1 heterocycles. The van der Waals surface area contributed by atoms with Crippen LogP contribution in [0.4, 0.5) is 10.1 Å². The molecule has 4 nitrogen and oxygen atoms in total. The summed E-state index contributed by atoms with van der Waals surface area (Å²) in [4.78, 5) is 25.1. The van der Waals surface area contributed by atoms with Crippen molar-refractivity contribution in [1.29, 1.82) is 0 Å². The van der Waals surface area contributed by atoms with Crippen molar-refractivity contribution < 1.29 is 9.18 Å². The second kappa shape index (κ2) is 7.76. The number of carbonyl (C=O) groups is 1. The monoisotopic (exact) mass is 384 g/mol. The van der Waals surface area contributed by atoms with Crippen LogP contribution in [0.3, 0.4) is 0 Å². The smallest absolute Gasteiger partial charge is 0.261 e. The molecule has 6 heteroatoms. The van der Waals surface area contributed by atoms with Gasteiger partial charge < -0.3 is 9.88 Å². The first-order valence-corrected chi connectivity index (χ1v) is 8.76. The molecule has 0 aliphatic rings. The lowest BCUT2D eigenvalue weighted by Crippen LogP contribution is -2.27. The maximum absolute atomic E-state index is 13.8. The molecular weight excluding hydrogens is 367 g/mol. The van der Waals surface area contributed by atoms with Gasteiger partial charge in [-0.05, 0) is 43.7 Å². The van der Waals surface area contributed by atoms with Crippen LogP contribution in [0, 0.1) is 19.7 Å². The van der Waals surface area contributed by atoms with Gasteiger partial charge in [-0.2, -0.15) is 0 Å². The van der Waals surface area contributed by atoms with Gasteiger partial charge in [-0.3, -0.25) is 9.59 Å². The normalized spacial score (nSPS) is 10.7. The second-order valence-electron chi connectivity index (χ2n) is 6.26. The van der Waals surface area contributed by atoms with Crippen LogP contribution in [0.1, 0.15) is 27.3 Å². The molecule has 0 unspecified atom stereocenters.